The lowest BCUT2D eigenvalue weighted by Crippen LogP contribution is -2.22. The molecule has 0 aromatic rings. The molecular weight excluding hydrogens is 268 g/mol. The van der Waals surface area contributed by atoms with Crippen LogP contribution in [0.15, 0.2) is 12.2 Å². The van der Waals surface area contributed by atoms with Crippen molar-refractivity contribution in [2.45, 2.75) is 71.0 Å². The van der Waals surface area contributed by atoms with Crippen LogP contribution in [0.3, 0.4) is 0 Å². The minimum atomic E-state index is -0.236. The van der Waals surface area contributed by atoms with E-state index in [1.54, 1.807) is 0 Å². The predicted octanol–water partition coefficient (Wildman–Crippen LogP) is 3.99. The molecule has 1 rings (SSSR count). The fourth-order valence-corrected chi connectivity index (χ4v) is 2.32. The number of rotatable bonds is 11. The number of unbranched alkanes of at least 4 members (excludes halogenated alkanes) is 5. The Hall–Kier alpha value is -0.870. The van der Waals surface area contributed by atoms with E-state index in [1.807, 2.05) is 13.0 Å². The highest BCUT2D eigenvalue weighted by molar-refractivity contribution is 5.81. The monoisotopic (exact) mass is 298 g/mol. The van der Waals surface area contributed by atoms with E-state index in [0.29, 0.717) is 6.61 Å². The van der Waals surface area contributed by atoms with Gasteiger partial charge in [-0.3, -0.25) is 0 Å². The van der Waals surface area contributed by atoms with Gasteiger partial charge in [-0.15, -0.1) is 0 Å². The van der Waals surface area contributed by atoms with Crippen LogP contribution in [-0.4, -0.2) is 32.1 Å². The van der Waals surface area contributed by atoms with E-state index in [9.17, 15) is 4.79 Å². The third-order valence-electron chi connectivity index (χ3n) is 3.50. The lowest BCUT2D eigenvalue weighted by molar-refractivity contribution is -0.162. The third kappa shape index (κ3) is 10.5. The summed E-state index contributed by atoms with van der Waals surface area (Å²) in [7, 11) is 0. The van der Waals surface area contributed by atoms with Gasteiger partial charge in [0.25, 0.3) is 0 Å². The molecule has 0 amide bonds. The molecule has 1 fully saturated rings. The summed E-state index contributed by atoms with van der Waals surface area (Å²) in [6, 6.07) is 0. The Bertz CT molecular complexity index is 283. The molecule has 0 spiro atoms. The van der Waals surface area contributed by atoms with E-state index in [4.69, 9.17) is 14.2 Å². The Morgan fingerprint density at radius 1 is 1.19 bits per heavy atom. The van der Waals surface area contributed by atoms with E-state index in [2.05, 4.69) is 0 Å². The second-order valence-electron chi connectivity index (χ2n) is 5.38. The minimum absolute atomic E-state index is 0.0479. The molecule has 4 heteroatoms. The summed E-state index contributed by atoms with van der Waals surface area (Å²) in [5.41, 5.74) is 0. The quantitative estimate of drug-likeness (QED) is 0.329. The first-order valence-electron chi connectivity index (χ1n) is 8.39. The van der Waals surface area contributed by atoms with Gasteiger partial charge >= 0.3 is 5.97 Å². The smallest absolute Gasteiger partial charge is 0.330 e. The molecule has 21 heavy (non-hydrogen) atoms. The Morgan fingerprint density at radius 3 is 2.76 bits per heavy atom. The van der Waals surface area contributed by atoms with E-state index < -0.39 is 0 Å². The number of allylic oxidation sites excluding steroid dienone is 1. The summed E-state index contributed by atoms with van der Waals surface area (Å²) in [5.74, 6) is -0.236. The maximum Gasteiger partial charge on any atom is 0.330 e. The molecule has 0 saturated carbocycles. The molecule has 1 unspecified atom stereocenters. The summed E-state index contributed by atoms with van der Waals surface area (Å²) in [6.45, 7) is 3.92. The number of carbonyl (C=O) groups is 1. The molecule has 0 aromatic carbocycles. The second-order valence-corrected chi connectivity index (χ2v) is 5.38. The van der Waals surface area contributed by atoms with Gasteiger partial charge in [-0.2, -0.15) is 0 Å². The van der Waals surface area contributed by atoms with Crippen LogP contribution in [0.25, 0.3) is 0 Å². The first-order chi connectivity index (χ1) is 10.3. The fraction of sp³-hybridized carbons (Fsp3) is 0.824. The normalized spacial score (nSPS) is 19.0. The van der Waals surface area contributed by atoms with Crippen LogP contribution in [0.1, 0.15) is 64.7 Å². The van der Waals surface area contributed by atoms with Crippen LogP contribution >= 0.6 is 0 Å². The van der Waals surface area contributed by atoms with E-state index in [0.717, 1.165) is 38.9 Å². The average molecular weight is 298 g/mol. The van der Waals surface area contributed by atoms with Gasteiger partial charge in [-0.05, 0) is 45.4 Å². The van der Waals surface area contributed by atoms with Gasteiger partial charge in [0.15, 0.2) is 6.29 Å². The van der Waals surface area contributed by atoms with Crippen molar-refractivity contribution in [2.24, 2.45) is 0 Å². The zero-order valence-electron chi connectivity index (χ0n) is 13.4. The molecule has 0 radical (unpaired) electrons. The molecule has 1 atom stereocenters. The van der Waals surface area contributed by atoms with Crippen molar-refractivity contribution in [3.05, 3.63) is 12.2 Å². The van der Waals surface area contributed by atoms with Crippen LogP contribution in [0, 0.1) is 0 Å². The maximum atomic E-state index is 11.0. The topological polar surface area (TPSA) is 44.8 Å². The van der Waals surface area contributed by atoms with Gasteiger partial charge in [0.2, 0.25) is 0 Å². The maximum absolute atomic E-state index is 11.0. The van der Waals surface area contributed by atoms with E-state index in [1.165, 1.54) is 38.2 Å². The lowest BCUT2D eigenvalue weighted by atomic mass is 10.1. The van der Waals surface area contributed by atoms with Crippen molar-refractivity contribution in [3.8, 4) is 0 Å². The highest BCUT2D eigenvalue weighted by Crippen LogP contribution is 2.14. The van der Waals surface area contributed by atoms with Crippen molar-refractivity contribution in [1.29, 1.82) is 0 Å². The molecule has 0 aromatic heterocycles. The molecule has 4 nitrogen and oxygen atoms in total. The number of hydrogen-bond acceptors (Lipinski definition) is 4. The van der Waals surface area contributed by atoms with Crippen LogP contribution in [0.4, 0.5) is 0 Å². The zero-order chi connectivity index (χ0) is 15.2. The van der Waals surface area contributed by atoms with Crippen LogP contribution in [0.2, 0.25) is 0 Å². The van der Waals surface area contributed by atoms with Gasteiger partial charge in [-0.25, -0.2) is 4.79 Å². The summed E-state index contributed by atoms with van der Waals surface area (Å²) < 4.78 is 16.0. The predicted molar refractivity (Wildman–Crippen MR) is 83.0 cm³/mol. The van der Waals surface area contributed by atoms with E-state index in [-0.39, 0.29) is 12.3 Å². The molecule has 0 aliphatic carbocycles. The van der Waals surface area contributed by atoms with Crippen molar-refractivity contribution in [1.82, 2.24) is 0 Å². The molecule has 122 valence electrons. The lowest BCUT2D eigenvalue weighted by Gasteiger charge is -2.22. The molecule has 0 N–H and O–H groups in total. The van der Waals surface area contributed by atoms with Crippen molar-refractivity contribution in [2.75, 3.05) is 19.8 Å². The minimum Gasteiger partial charge on any atom is -0.463 e. The Balaban J connectivity index is 1.81. The molecule has 1 aliphatic rings. The van der Waals surface area contributed by atoms with Gasteiger partial charge in [-0.1, -0.05) is 25.3 Å². The summed E-state index contributed by atoms with van der Waals surface area (Å²) in [5, 5.41) is 0. The SMILES string of the molecule is CCOC(=O)/C=C/CCCCCCCOC1CCCCO1. The molecule has 0 bridgehead atoms. The average Bonchev–Trinajstić information content (AvgIpc) is 2.50. The van der Waals surface area contributed by atoms with Crippen molar-refractivity contribution < 1.29 is 19.0 Å². The largest absolute Gasteiger partial charge is 0.463 e. The number of esters is 1. The van der Waals surface area contributed by atoms with Crippen LogP contribution < -0.4 is 0 Å². The molecule has 1 heterocycles. The molecular formula is C17H30O4. The van der Waals surface area contributed by atoms with Crippen molar-refractivity contribution >= 4 is 5.97 Å². The van der Waals surface area contributed by atoms with Gasteiger partial charge in [0, 0.05) is 19.3 Å². The Morgan fingerprint density at radius 2 is 2.00 bits per heavy atom. The highest BCUT2D eigenvalue weighted by atomic mass is 16.7. The summed E-state index contributed by atoms with van der Waals surface area (Å²) in [6.07, 6.45) is 13.7. The van der Waals surface area contributed by atoms with Gasteiger partial charge in [0.1, 0.15) is 0 Å². The first-order valence-corrected chi connectivity index (χ1v) is 8.39. The van der Waals surface area contributed by atoms with Crippen LogP contribution in [-0.2, 0) is 19.0 Å². The second kappa shape index (κ2) is 12.8. The first kappa shape index (κ1) is 18.2. The molecule has 1 saturated heterocycles. The van der Waals surface area contributed by atoms with Gasteiger partial charge in [0.05, 0.1) is 6.61 Å². The summed E-state index contributed by atoms with van der Waals surface area (Å²) in [4.78, 5) is 11.0. The van der Waals surface area contributed by atoms with Gasteiger partial charge < -0.3 is 14.2 Å². The fourth-order valence-electron chi connectivity index (χ4n) is 2.32. The number of hydrogen-bond donors (Lipinski definition) is 0. The van der Waals surface area contributed by atoms with Crippen molar-refractivity contribution in [3.63, 3.8) is 0 Å². The number of ether oxygens (including phenoxy) is 3. The highest BCUT2D eigenvalue weighted by Gasteiger charge is 2.13. The Kier molecular flexibility index (Phi) is 11.1. The zero-order valence-corrected chi connectivity index (χ0v) is 13.4. The molecule has 1 aliphatic heterocycles. The van der Waals surface area contributed by atoms with E-state index >= 15 is 0 Å². The summed E-state index contributed by atoms with van der Waals surface area (Å²) >= 11 is 0. The Labute approximate surface area is 128 Å². The van der Waals surface area contributed by atoms with Crippen LogP contribution in [0.5, 0.6) is 0 Å². The third-order valence-corrected chi connectivity index (χ3v) is 3.50. The number of carbonyl (C=O) groups excluding carboxylic acids is 1. The standard InChI is InChI=1S/C17H30O4/c1-2-19-16(18)12-8-6-4-3-5-7-10-14-20-17-13-9-11-15-21-17/h8,12,17H,2-7,9-11,13-15H2,1H3/b12-8+.